The van der Waals surface area contributed by atoms with Crippen molar-refractivity contribution in [3.8, 4) is 0 Å². The summed E-state index contributed by atoms with van der Waals surface area (Å²) in [6.07, 6.45) is 0.821. The van der Waals surface area contributed by atoms with Gasteiger partial charge in [0.1, 0.15) is 5.69 Å². The number of carbonyl (C=O) groups excluding carboxylic acids is 2. The molecule has 0 atom stereocenters. The molecule has 3 rings (SSSR count). The molecule has 2 aromatic heterocycles. The summed E-state index contributed by atoms with van der Waals surface area (Å²) in [5.74, 6) is -0.731. The zero-order valence-corrected chi connectivity index (χ0v) is 16.4. The molecule has 2 heterocycles. The Morgan fingerprint density at radius 2 is 2.00 bits per heavy atom. The highest BCUT2D eigenvalue weighted by molar-refractivity contribution is 5.99. The van der Waals surface area contributed by atoms with Crippen LogP contribution in [0, 0.1) is 13.8 Å². The Morgan fingerprint density at radius 3 is 2.79 bits per heavy atom. The molecule has 0 aliphatic rings. The SMILES string of the molecule is COCCCn1c(C)cc(C(=O)COC(=O)Cc2noc3ccccc23)c1C. The third-order valence-corrected chi connectivity index (χ3v) is 4.73. The molecule has 0 saturated carbocycles. The first-order valence-corrected chi connectivity index (χ1v) is 9.19. The number of hydrogen-bond donors (Lipinski definition) is 0. The number of aryl methyl sites for hydroxylation is 1. The van der Waals surface area contributed by atoms with Crippen molar-refractivity contribution in [3.63, 3.8) is 0 Å². The average Bonchev–Trinajstić information content (AvgIpc) is 3.22. The van der Waals surface area contributed by atoms with Crippen LogP contribution in [0.25, 0.3) is 11.0 Å². The van der Waals surface area contributed by atoms with Crippen LogP contribution in [0.15, 0.2) is 34.9 Å². The van der Waals surface area contributed by atoms with Crippen molar-refractivity contribution in [2.45, 2.75) is 33.2 Å². The fraction of sp³-hybridized carbons (Fsp3) is 0.381. The van der Waals surface area contributed by atoms with E-state index in [2.05, 4.69) is 9.72 Å². The van der Waals surface area contributed by atoms with Crippen LogP contribution < -0.4 is 0 Å². The molecule has 0 saturated heterocycles. The largest absolute Gasteiger partial charge is 0.457 e. The van der Waals surface area contributed by atoms with E-state index in [4.69, 9.17) is 14.0 Å². The number of para-hydroxylation sites is 1. The standard InChI is InChI=1S/C21H24N2O5/c1-14-11-17(15(2)23(14)9-6-10-26-3)19(24)13-27-21(25)12-18-16-7-4-5-8-20(16)28-22-18/h4-5,7-8,11H,6,9-10,12-13H2,1-3H3. The Labute approximate surface area is 163 Å². The first-order chi connectivity index (χ1) is 13.5. The van der Waals surface area contributed by atoms with E-state index in [0.717, 1.165) is 29.7 Å². The fourth-order valence-corrected chi connectivity index (χ4v) is 3.27. The van der Waals surface area contributed by atoms with Crippen molar-refractivity contribution in [2.75, 3.05) is 20.3 Å². The van der Waals surface area contributed by atoms with E-state index in [1.165, 1.54) is 0 Å². The molecular weight excluding hydrogens is 360 g/mol. The molecule has 0 aliphatic carbocycles. The fourth-order valence-electron chi connectivity index (χ4n) is 3.27. The molecular formula is C21H24N2O5. The predicted octanol–water partition coefficient (Wildman–Crippen LogP) is 3.25. The molecule has 0 amide bonds. The predicted molar refractivity (Wildman–Crippen MR) is 103 cm³/mol. The number of benzene rings is 1. The van der Waals surface area contributed by atoms with Gasteiger partial charge in [0.05, 0.1) is 6.42 Å². The lowest BCUT2D eigenvalue weighted by molar-refractivity contribution is -0.141. The number of nitrogens with zero attached hydrogens (tertiary/aromatic N) is 2. The van der Waals surface area contributed by atoms with Gasteiger partial charge in [0.2, 0.25) is 5.78 Å². The maximum absolute atomic E-state index is 12.5. The van der Waals surface area contributed by atoms with Crippen molar-refractivity contribution in [3.05, 3.63) is 53.0 Å². The van der Waals surface area contributed by atoms with Gasteiger partial charge in [-0.3, -0.25) is 9.59 Å². The highest BCUT2D eigenvalue weighted by atomic mass is 16.5. The minimum atomic E-state index is -0.513. The summed E-state index contributed by atoms with van der Waals surface area (Å²) in [4.78, 5) is 24.7. The van der Waals surface area contributed by atoms with Crippen LogP contribution in [0.3, 0.4) is 0 Å². The number of esters is 1. The van der Waals surface area contributed by atoms with Gasteiger partial charge in [-0.1, -0.05) is 17.3 Å². The summed E-state index contributed by atoms with van der Waals surface area (Å²) in [5.41, 5.74) is 3.57. The van der Waals surface area contributed by atoms with Gasteiger partial charge in [0.15, 0.2) is 12.2 Å². The molecule has 7 heteroatoms. The van der Waals surface area contributed by atoms with E-state index in [0.29, 0.717) is 23.4 Å². The van der Waals surface area contributed by atoms with E-state index < -0.39 is 5.97 Å². The number of rotatable bonds is 9. The van der Waals surface area contributed by atoms with E-state index in [1.807, 2.05) is 38.1 Å². The molecule has 0 radical (unpaired) electrons. The minimum Gasteiger partial charge on any atom is -0.457 e. The second-order valence-corrected chi connectivity index (χ2v) is 6.67. The van der Waals surface area contributed by atoms with E-state index in [-0.39, 0.29) is 18.8 Å². The number of fused-ring (bicyclic) bond motifs is 1. The second kappa shape index (κ2) is 8.84. The van der Waals surface area contributed by atoms with Crippen molar-refractivity contribution >= 4 is 22.7 Å². The minimum absolute atomic E-state index is 0.0413. The maximum Gasteiger partial charge on any atom is 0.312 e. The van der Waals surface area contributed by atoms with E-state index in [1.54, 1.807) is 13.2 Å². The Morgan fingerprint density at radius 1 is 1.21 bits per heavy atom. The zero-order chi connectivity index (χ0) is 20.1. The first-order valence-electron chi connectivity index (χ1n) is 9.19. The molecule has 0 spiro atoms. The molecule has 0 aliphatic heterocycles. The van der Waals surface area contributed by atoms with Crippen LogP contribution >= 0.6 is 0 Å². The van der Waals surface area contributed by atoms with Crippen LogP contribution in [0.4, 0.5) is 0 Å². The van der Waals surface area contributed by atoms with Gasteiger partial charge in [-0.15, -0.1) is 0 Å². The Balaban J connectivity index is 1.59. The lowest BCUT2D eigenvalue weighted by Crippen LogP contribution is -2.16. The number of Topliss-reactive ketones (excluding diaryl/α,β-unsaturated/α-hetero) is 1. The summed E-state index contributed by atoms with van der Waals surface area (Å²) in [7, 11) is 1.67. The quantitative estimate of drug-likeness (QED) is 0.320. The zero-order valence-electron chi connectivity index (χ0n) is 16.4. The third kappa shape index (κ3) is 4.31. The Hall–Kier alpha value is -2.93. The average molecular weight is 384 g/mol. The highest BCUT2D eigenvalue weighted by Gasteiger charge is 2.18. The summed E-state index contributed by atoms with van der Waals surface area (Å²) in [6, 6.07) is 9.13. The van der Waals surface area contributed by atoms with Crippen LogP contribution in [0.2, 0.25) is 0 Å². The normalized spacial score (nSPS) is 11.1. The van der Waals surface area contributed by atoms with Gasteiger partial charge in [-0.05, 0) is 38.5 Å². The third-order valence-electron chi connectivity index (χ3n) is 4.73. The first kappa shape index (κ1) is 19.8. The lowest BCUT2D eigenvalue weighted by Gasteiger charge is -2.09. The summed E-state index contributed by atoms with van der Waals surface area (Å²) in [6.45, 7) is 5.00. The van der Waals surface area contributed by atoms with Crippen LogP contribution in [-0.4, -0.2) is 41.8 Å². The van der Waals surface area contributed by atoms with E-state index >= 15 is 0 Å². The number of ether oxygens (including phenoxy) is 2. The monoisotopic (exact) mass is 384 g/mol. The molecule has 1 aromatic carbocycles. The topological polar surface area (TPSA) is 83.6 Å². The number of aromatic nitrogens is 2. The van der Waals surface area contributed by atoms with Gasteiger partial charge in [-0.2, -0.15) is 0 Å². The van der Waals surface area contributed by atoms with Gasteiger partial charge in [-0.25, -0.2) is 0 Å². The summed E-state index contributed by atoms with van der Waals surface area (Å²) < 4.78 is 17.5. The highest BCUT2D eigenvalue weighted by Crippen LogP contribution is 2.19. The van der Waals surface area contributed by atoms with Gasteiger partial charge < -0.3 is 18.6 Å². The molecule has 0 fully saturated rings. The van der Waals surface area contributed by atoms with Crippen LogP contribution in [0.1, 0.15) is 33.9 Å². The van der Waals surface area contributed by atoms with Crippen molar-refractivity contribution < 1.29 is 23.6 Å². The van der Waals surface area contributed by atoms with Gasteiger partial charge in [0.25, 0.3) is 0 Å². The lowest BCUT2D eigenvalue weighted by atomic mass is 10.1. The second-order valence-electron chi connectivity index (χ2n) is 6.67. The summed E-state index contributed by atoms with van der Waals surface area (Å²) >= 11 is 0. The molecule has 3 aromatic rings. The van der Waals surface area contributed by atoms with Crippen molar-refractivity contribution in [2.24, 2.45) is 0 Å². The van der Waals surface area contributed by atoms with Crippen molar-refractivity contribution in [1.29, 1.82) is 0 Å². The number of carbonyl (C=O) groups is 2. The Kier molecular flexibility index (Phi) is 6.26. The number of methoxy groups -OCH3 is 1. The van der Waals surface area contributed by atoms with Gasteiger partial charge >= 0.3 is 5.97 Å². The smallest absolute Gasteiger partial charge is 0.312 e. The van der Waals surface area contributed by atoms with Crippen molar-refractivity contribution in [1.82, 2.24) is 9.72 Å². The van der Waals surface area contributed by atoms with Gasteiger partial charge in [0, 0.05) is 42.6 Å². The maximum atomic E-state index is 12.5. The molecule has 7 nitrogen and oxygen atoms in total. The number of hydrogen-bond acceptors (Lipinski definition) is 6. The summed E-state index contributed by atoms with van der Waals surface area (Å²) in [5, 5.41) is 4.68. The molecule has 0 bridgehead atoms. The van der Waals surface area contributed by atoms with Crippen LogP contribution in [0.5, 0.6) is 0 Å². The molecule has 0 unspecified atom stereocenters. The van der Waals surface area contributed by atoms with Crippen LogP contribution in [-0.2, 0) is 27.2 Å². The number of ketones is 1. The molecule has 148 valence electrons. The van der Waals surface area contributed by atoms with E-state index in [9.17, 15) is 9.59 Å². The molecule has 28 heavy (non-hydrogen) atoms. The molecule has 0 N–H and O–H groups in total. The Bertz CT molecular complexity index is 986.